The van der Waals surface area contributed by atoms with Gasteiger partial charge in [0.15, 0.2) is 0 Å². The van der Waals surface area contributed by atoms with E-state index in [0.29, 0.717) is 18.3 Å². The van der Waals surface area contributed by atoms with Crippen molar-refractivity contribution in [1.82, 2.24) is 0 Å². The Kier molecular flexibility index (Phi) is 3.65. The van der Waals surface area contributed by atoms with E-state index in [1.165, 1.54) is 0 Å². The summed E-state index contributed by atoms with van der Waals surface area (Å²) in [5, 5.41) is 8.75. The standard InChI is InChI=1S/C11H13FO/c1-9-3-2-4-10(5-9)6-11(7-12)8-13/h2-5,7,13H,6,8H2,1H3. The van der Waals surface area contributed by atoms with Gasteiger partial charge in [0, 0.05) is 0 Å². The molecule has 1 N–H and O–H groups in total. The lowest BCUT2D eigenvalue weighted by Gasteiger charge is -2.03. The van der Waals surface area contributed by atoms with Crippen molar-refractivity contribution in [2.24, 2.45) is 0 Å². The highest BCUT2D eigenvalue weighted by Crippen LogP contribution is 2.09. The first-order chi connectivity index (χ1) is 6.26. The van der Waals surface area contributed by atoms with Gasteiger partial charge in [0.2, 0.25) is 0 Å². The molecule has 0 saturated carbocycles. The Bertz CT molecular complexity index is 305. The molecule has 1 aromatic carbocycles. The van der Waals surface area contributed by atoms with Gasteiger partial charge in [-0.2, -0.15) is 0 Å². The van der Waals surface area contributed by atoms with Gasteiger partial charge in [0.25, 0.3) is 0 Å². The summed E-state index contributed by atoms with van der Waals surface area (Å²) < 4.78 is 12.1. The summed E-state index contributed by atoms with van der Waals surface area (Å²) in [4.78, 5) is 0. The molecule has 0 amide bonds. The molecule has 0 fully saturated rings. The fourth-order valence-corrected chi connectivity index (χ4v) is 1.21. The van der Waals surface area contributed by atoms with Crippen LogP contribution >= 0.6 is 0 Å². The number of halogens is 1. The maximum atomic E-state index is 12.1. The minimum atomic E-state index is -0.218. The molecule has 0 bridgehead atoms. The van der Waals surface area contributed by atoms with E-state index < -0.39 is 0 Å². The quantitative estimate of drug-likeness (QED) is 0.757. The van der Waals surface area contributed by atoms with Crippen molar-refractivity contribution in [2.45, 2.75) is 13.3 Å². The molecule has 70 valence electrons. The summed E-state index contributed by atoms with van der Waals surface area (Å²) in [5.74, 6) is 0. The van der Waals surface area contributed by atoms with Crippen LogP contribution in [0.3, 0.4) is 0 Å². The Morgan fingerprint density at radius 3 is 2.85 bits per heavy atom. The second kappa shape index (κ2) is 4.77. The van der Waals surface area contributed by atoms with E-state index in [1.54, 1.807) is 0 Å². The van der Waals surface area contributed by atoms with Crippen molar-refractivity contribution in [3.8, 4) is 0 Å². The Morgan fingerprint density at radius 1 is 1.54 bits per heavy atom. The molecule has 0 saturated heterocycles. The lowest BCUT2D eigenvalue weighted by atomic mass is 10.0. The van der Waals surface area contributed by atoms with Crippen molar-refractivity contribution >= 4 is 0 Å². The number of benzene rings is 1. The molecule has 1 rings (SSSR count). The van der Waals surface area contributed by atoms with Gasteiger partial charge < -0.3 is 5.11 Å². The van der Waals surface area contributed by atoms with Gasteiger partial charge in [0.05, 0.1) is 12.9 Å². The second-order valence-corrected chi connectivity index (χ2v) is 3.09. The second-order valence-electron chi connectivity index (χ2n) is 3.09. The van der Waals surface area contributed by atoms with Crippen LogP contribution in [0.15, 0.2) is 36.2 Å². The van der Waals surface area contributed by atoms with E-state index in [1.807, 2.05) is 31.2 Å². The van der Waals surface area contributed by atoms with Crippen molar-refractivity contribution in [2.75, 3.05) is 6.61 Å². The van der Waals surface area contributed by atoms with Crippen molar-refractivity contribution in [3.63, 3.8) is 0 Å². The Hall–Kier alpha value is -1.15. The molecule has 0 unspecified atom stereocenters. The van der Waals surface area contributed by atoms with E-state index in [0.717, 1.165) is 11.1 Å². The molecule has 0 aromatic heterocycles. The van der Waals surface area contributed by atoms with E-state index in [2.05, 4.69) is 0 Å². The fraction of sp³-hybridized carbons (Fsp3) is 0.273. The van der Waals surface area contributed by atoms with Crippen molar-refractivity contribution in [1.29, 1.82) is 0 Å². The molecule has 2 heteroatoms. The topological polar surface area (TPSA) is 20.2 Å². The van der Waals surface area contributed by atoms with Gasteiger partial charge in [-0.15, -0.1) is 0 Å². The zero-order chi connectivity index (χ0) is 9.68. The Labute approximate surface area is 77.5 Å². The third kappa shape index (κ3) is 2.99. The molecular formula is C11H13FO. The summed E-state index contributed by atoms with van der Waals surface area (Å²) in [6, 6.07) is 7.82. The van der Waals surface area contributed by atoms with Crippen LogP contribution in [0, 0.1) is 6.92 Å². The lowest BCUT2D eigenvalue weighted by Crippen LogP contribution is -1.95. The van der Waals surface area contributed by atoms with Gasteiger partial charge in [-0.1, -0.05) is 29.8 Å². The molecule has 1 aromatic rings. The van der Waals surface area contributed by atoms with Crippen LogP contribution < -0.4 is 0 Å². The third-order valence-electron chi connectivity index (χ3n) is 1.87. The van der Waals surface area contributed by atoms with Crippen LogP contribution in [0.2, 0.25) is 0 Å². The summed E-state index contributed by atoms with van der Waals surface area (Å²) >= 11 is 0. The number of aliphatic hydroxyl groups excluding tert-OH is 1. The van der Waals surface area contributed by atoms with E-state index in [-0.39, 0.29) is 6.61 Å². The van der Waals surface area contributed by atoms with E-state index >= 15 is 0 Å². The first-order valence-corrected chi connectivity index (χ1v) is 4.21. The van der Waals surface area contributed by atoms with Crippen LogP contribution in [0.4, 0.5) is 4.39 Å². The molecule has 0 heterocycles. The molecule has 0 atom stereocenters. The third-order valence-corrected chi connectivity index (χ3v) is 1.87. The largest absolute Gasteiger partial charge is 0.392 e. The molecule has 0 spiro atoms. The minimum absolute atomic E-state index is 0.218. The average Bonchev–Trinajstić information content (AvgIpc) is 2.14. The summed E-state index contributed by atoms with van der Waals surface area (Å²) in [5.41, 5.74) is 2.58. The smallest absolute Gasteiger partial charge is 0.0885 e. The first kappa shape index (κ1) is 9.93. The van der Waals surface area contributed by atoms with E-state index in [9.17, 15) is 4.39 Å². The molecule has 0 aliphatic carbocycles. The van der Waals surface area contributed by atoms with Crippen LogP contribution in [0.25, 0.3) is 0 Å². The maximum Gasteiger partial charge on any atom is 0.0885 e. The molecule has 13 heavy (non-hydrogen) atoms. The number of aryl methyl sites for hydroxylation is 1. The monoisotopic (exact) mass is 180 g/mol. The predicted molar refractivity (Wildman–Crippen MR) is 51.2 cm³/mol. The highest BCUT2D eigenvalue weighted by Gasteiger charge is 1.98. The zero-order valence-corrected chi connectivity index (χ0v) is 7.63. The van der Waals surface area contributed by atoms with Gasteiger partial charge in [-0.3, -0.25) is 0 Å². The SMILES string of the molecule is Cc1cccc(CC(=CF)CO)c1. The van der Waals surface area contributed by atoms with Gasteiger partial charge in [0.1, 0.15) is 0 Å². The van der Waals surface area contributed by atoms with E-state index in [4.69, 9.17) is 5.11 Å². The normalized spacial score (nSPS) is 11.8. The van der Waals surface area contributed by atoms with Gasteiger partial charge in [-0.05, 0) is 24.5 Å². The maximum absolute atomic E-state index is 12.1. The molecule has 1 nitrogen and oxygen atoms in total. The molecule has 0 aliphatic heterocycles. The van der Waals surface area contributed by atoms with Crippen molar-refractivity contribution < 1.29 is 9.50 Å². The molecular weight excluding hydrogens is 167 g/mol. The molecule has 0 aliphatic rings. The molecule has 0 radical (unpaired) electrons. The van der Waals surface area contributed by atoms with Crippen LogP contribution in [0.1, 0.15) is 11.1 Å². The summed E-state index contributed by atoms with van der Waals surface area (Å²) in [6.45, 7) is 1.77. The highest BCUT2D eigenvalue weighted by molar-refractivity contribution is 5.26. The highest BCUT2D eigenvalue weighted by atomic mass is 19.1. The predicted octanol–water partition coefficient (Wildman–Crippen LogP) is 2.38. The summed E-state index contributed by atoms with van der Waals surface area (Å²) in [7, 11) is 0. The van der Waals surface area contributed by atoms with Gasteiger partial charge in [-0.25, -0.2) is 4.39 Å². The van der Waals surface area contributed by atoms with Crippen LogP contribution in [-0.4, -0.2) is 11.7 Å². The Balaban J connectivity index is 2.74. The fourth-order valence-electron chi connectivity index (χ4n) is 1.21. The number of rotatable bonds is 3. The van der Waals surface area contributed by atoms with Crippen LogP contribution in [0.5, 0.6) is 0 Å². The van der Waals surface area contributed by atoms with Gasteiger partial charge >= 0.3 is 0 Å². The average molecular weight is 180 g/mol. The Morgan fingerprint density at radius 2 is 2.31 bits per heavy atom. The minimum Gasteiger partial charge on any atom is -0.392 e. The first-order valence-electron chi connectivity index (χ1n) is 4.21. The number of hydrogen-bond acceptors (Lipinski definition) is 1. The zero-order valence-electron chi connectivity index (χ0n) is 7.63. The number of hydrogen-bond donors (Lipinski definition) is 1. The summed E-state index contributed by atoms with van der Waals surface area (Å²) in [6.07, 6.45) is 0.955. The number of aliphatic hydroxyl groups is 1. The lowest BCUT2D eigenvalue weighted by molar-refractivity contribution is 0.325. The van der Waals surface area contributed by atoms with Crippen LogP contribution in [-0.2, 0) is 6.42 Å². The van der Waals surface area contributed by atoms with Crippen molar-refractivity contribution in [3.05, 3.63) is 47.3 Å².